The first-order valence-corrected chi connectivity index (χ1v) is 3.39. The third-order valence-corrected chi connectivity index (χ3v) is 1.55. The Hall–Kier alpha value is -1.09. The minimum Gasteiger partial charge on any atom is -0.481 e. The van der Waals surface area contributed by atoms with Gasteiger partial charge in [0, 0.05) is 11.8 Å². The molecule has 0 aromatic carbocycles. The van der Waals surface area contributed by atoms with Crippen LogP contribution in [-0.2, 0) is 6.61 Å². The molecule has 1 aromatic rings. The van der Waals surface area contributed by atoms with E-state index in [2.05, 4.69) is 4.98 Å². The lowest BCUT2D eigenvalue weighted by molar-refractivity contribution is 0.280. The average Bonchev–Trinajstić information content (AvgIpc) is 2.04. The summed E-state index contributed by atoms with van der Waals surface area (Å²) in [5.74, 6) is 0.583. The van der Waals surface area contributed by atoms with Gasteiger partial charge in [0.05, 0.1) is 13.7 Å². The Bertz CT molecular complexity index is 248. The van der Waals surface area contributed by atoms with E-state index in [0.29, 0.717) is 5.88 Å². The van der Waals surface area contributed by atoms with E-state index in [4.69, 9.17) is 9.84 Å². The van der Waals surface area contributed by atoms with E-state index >= 15 is 0 Å². The van der Waals surface area contributed by atoms with Gasteiger partial charge in [-0.2, -0.15) is 0 Å². The number of ether oxygens (including phenoxy) is 1. The van der Waals surface area contributed by atoms with Gasteiger partial charge < -0.3 is 9.84 Å². The molecule has 0 aliphatic carbocycles. The summed E-state index contributed by atoms with van der Waals surface area (Å²) in [6, 6.07) is 3.54. The van der Waals surface area contributed by atoms with Crippen molar-refractivity contribution in [3.8, 4) is 5.88 Å². The highest BCUT2D eigenvalue weighted by Crippen LogP contribution is 2.11. The van der Waals surface area contributed by atoms with Gasteiger partial charge in [-0.05, 0) is 18.6 Å². The van der Waals surface area contributed by atoms with Crippen LogP contribution in [0.25, 0.3) is 0 Å². The summed E-state index contributed by atoms with van der Waals surface area (Å²) < 4.78 is 4.90. The van der Waals surface area contributed by atoms with Crippen LogP contribution in [0.3, 0.4) is 0 Å². The number of nitrogens with zero attached hydrogens (tertiary/aromatic N) is 1. The molecule has 0 atom stereocenters. The van der Waals surface area contributed by atoms with E-state index in [0.717, 1.165) is 11.3 Å². The number of hydrogen-bond donors (Lipinski definition) is 1. The van der Waals surface area contributed by atoms with Crippen LogP contribution in [0.15, 0.2) is 12.1 Å². The lowest BCUT2D eigenvalue weighted by Crippen LogP contribution is -1.94. The lowest BCUT2D eigenvalue weighted by Gasteiger charge is -2.03. The average molecular weight is 153 g/mol. The maximum Gasteiger partial charge on any atom is 0.213 e. The first-order valence-electron chi connectivity index (χ1n) is 3.39. The number of aryl methyl sites for hydroxylation is 1. The Morgan fingerprint density at radius 3 is 2.73 bits per heavy atom. The van der Waals surface area contributed by atoms with Gasteiger partial charge in [0.2, 0.25) is 5.88 Å². The molecule has 3 heteroatoms. The van der Waals surface area contributed by atoms with Gasteiger partial charge in [-0.15, -0.1) is 0 Å². The summed E-state index contributed by atoms with van der Waals surface area (Å²) in [5, 5.41) is 8.80. The molecule has 0 bridgehead atoms. The molecule has 1 heterocycles. The molecule has 11 heavy (non-hydrogen) atoms. The van der Waals surface area contributed by atoms with Crippen molar-refractivity contribution in [3.05, 3.63) is 23.4 Å². The van der Waals surface area contributed by atoms with Gasteiger partial charge in [-0.3, -0.25) is 0 Å². The van der Waals surface area contributed by atoms with Crippen molar-refractivity contribution in [1.82, 2.24) is 4.98 Å². The Morgan fingerprint density at radius 2 is 2.27 bits per heavy atom. The Labute approximate surface area is 65.7 Å². The number of aromatic nitrogens is 1. The molecule has 0 fully saturated rings. The summed E-state index contributed by atoms with van der Waals surface area (Å²) in [7, 11) is 1.57. The van der Waals surface area contributed by atoms with Crippen LogP contribution in [0, 0.1) is 6.92 Å². The van der Waals surface area contributed by atoms with Crippen LogP contribution in [0.4, 0.5) is 0 Å². The molecule has 1 rings (SSSR count). The van der Waals surface area contributed by atoms with Crippen molar-refractivity contribution in [2.75, 3.05) is 7.11 Å². The highest BCUT2D eigenvalue weighted by atomic mass is 16.5. The third kappa shape index (κ3) is 1.68. The fourth-order valence-corrected chi connectivity index (χ4v) is 0.848. The maximum absolute atomic E-state index is 8.80. The molecule has 3 nitrogen and oxygen atoms in total. The molecule has 0 saturated carbocycles. The van der Waals surface area contributed by atoms with Crippen LogP contribution >= 0.6 is 0 Å². The zero-order valence-electron chi connectivity index (χ0n) is 6.66. The SMILES string of the molecule is COc1ccc(CO)c(C)n1. The Kier molecular flexibility index (Phi) is 2.44. The van der Waals surface area contributed by atoms with Crippen LogP contribution in [-0.4, -0.2) is 17.2 Å². The van der Waals surface area contributed by atoms with Crippen molar-refractivity contribution < 1.29 is 9.84 Å². The fourth-order valence-electron chi connectivity index (χ4n) is 0.848. The van der Waals surface area contributed by atoms with Gasteiger partial charge in [-0.1, -0.05) is 0 Å². The number of hydrogen-bond acceptors (Lipinski definition) is 3. The minimum atomic E-state index is 0.0306. The number of methoxy groups -OCH3 is 1. The van der Waals surface area contributed by atoms with Crippen LogP contribution in [0.1, 0.15) is 11.3 Å². The Morgan fingerprint density at radius 1 is 1.55 bits per heavy atom. The number of aliphatic hydroxyl groups is 1. The molecule has 0 aliphatic rings. The van der Waals surface area contributed by atoms with E-state index in [1.165, 1.54) is 0 Å². The van der Waals surface area contributed by atoms with Gasteiger partial charge in [0.25, 0.3) is 0 Å². The monoisotopic (exact) mass is 153 g/mol. The number of aliphatic hydroxyl groups excluding tert-OH is 1. The zero-order chi connectivity index (χ0) is 8.27. The molecule has 0 radical (unpaired) electrons. The molecule has 1 N–H and O–H groups in total. The molecule has 1 aromatic heterocycles. The largest absolute Gasteiger partial charge is 0.481 e. The molecule has 0 unspecified atom stereocenters. The van der Waals surface area contributed by atoms with E-state index in [1.54, 1.807) is 19.2 Å². The summed E-state index contributed by atoms with van der Waals surface area (Å²) in [5.41, 5.74) is 1.65. The highest BCUT2D eigenvalue weighted by molar-refractivity contribution is 5.23. The molecule has 0 aliphatic heterocycles. The Balaban J connectivity index is 2.99. The van der Waals surface area contributed by atoms with Gasteiger partial charge >= 0.3 is 0 Å². The van der Waals surface area contributed by atoms with Gasteiger partial charge in [-0.25, -0.2) is 4.98 Å². The van der Waals surface area contributed by atoms with Crippen molar-refractivity contribution >= 4 is 0 Å². The normalized spacial score (nSPS) is 9.73. The summed E-state index contributed by atoms with van der Waals surface area (Å²) in [4.78, 5) is 4.08. The predicted octanol–water partition coefficient (Wildman–Crippen LogP) is 0.891. The minimum absolute atomic E-state index is 0.0306. The summed E-state index contributed by atoms with van der Waals surface area (Å²) in [6.07, 6.45) is 0. The topological polar surface area (TPSA) is 42.4 Å². The summed E-state index contributed by atoms with van der Waals surface area (Å²) >= 11 is 0. The third-order valence-electron chi connectivity index (χ3n) is 1.55. The molecule has 0 spiro atoms. The maximum atomic E-state index is 8.80. The van der Waals surface area contributed by atoms with Gasteiger partial charge in [0.15, 0.2) is 0 Å². The quantitative estimate of drug-likeness (QED) is 0.686. The summed E-state index contributed by atoms with van der Waals surface area (Å²) in [6.45, 7) is 1.87. The van der Waals surface area contributed by atoms with E-state index in [-0.39, 0.29) is 6.61 Å². The second-order valence-corrected chi connectivity index (χ2v) is 2.26. The molecular formula is C8H11NO2. The number of rotatable bonds is 2. The van der Waals surface area contributed by atoms with Crippen molar-refractivity contribution in [2.45, 2.75) is 13.5 Å². The molecule has 0 saturated heterocycles. The van der Waals surface area contributed by atoms with E-state index < -0.39 is 0 Å². The predicted molar refractivity (Wildman–Crippen MR) is 41.4 cm³/mol. The molecular weight excluding hydrogens is 142 g/mol. The van der Waals surface area contributed by atoms with Crippen LogP contribution < -0.4 is 4.74 Å². The molecule has 60 valence electrons. The second kappa shape index (κ2) is 3.34. The van der Waals surface area contributed by atoms with Gasteiger partial charge in [0.1, 0.15) is 0 Å². The second-order valence-electron chi connectivity index (χ2n) is 2.26. The fraction of sp³-hybridized carbons (Fsp3) is 0.375. The first kappa shape index (κ1) is 8.01. The van der Waals surface area contributed by atoms with Crippen molar-refractivity contribution in [1.29, 1.82) is 0 Å². The van der Waals surface area contributed by atoms with Crippen molar-refractivity contribution in [3.63, 3.8) is 0 Å². The molecule has 0 amide bonds. The van der Waals surface area contributed by atoms with Crippen molar-refractivity contribution in [2.24, 2.45) is 0 Å². The lowest BCUT2D eigenvalue weighted by atomic mass is 10.2. The highest BCUT2D eigenvalue weighted by Gasteiger charge is 1.98. The smallest absolute Gasteiger partial charge is 0.213 e. The first-order chi connectivity index (χ1) is 5.27. The number of pyridine rings is 1. The van der Waals surface area contributed by atoms with E-state index in [9.17, 15) is 0 Å². The van der Waals surface area contributed by atoms with Crippen LogP contribution in [0.2, 0.25) is 0 Å². The van der Waals surface area contributed by atoms with E-state index in [1.807, 2.05) is 6.92 Å². The van der Waals surface area contributed by atoms with Crippen LogP contribution in [0.5, 0.6) is 5.88 Å². The zero-order valence-corrected chi connectivity index (χ0v) is 6.66. The standard InChI is InChI=1S/C8H11NO2/c1-6-7(5-10)3-4-8(9-6)11-2/h3-4,10H,5H2,1-2H3.